The lowest BCUT2D eigenvalue weighted by Crippen LogP contribution is -2.41. The van der Waals surface area contributed by atoms with Crippen molar-refractivity contribution in [2.45, 2.75) is 38.8 Å². The second-order valence-electron chi connectivity index (χ2n) is 4.85. The summed E-state index contributed by atoms with van der Waals surface area (Å²) in [6.45, 7) is 6.59. The number of halogens is 1. The Hall–Kier alpha value is -0.510. The summed E-state index contributed by atoms with van der Waals surface area (Å²) in [5.74, 6) is 0.903. The third-order valence-corrected chi connectivity index (χ3v) is 3.44. The third-order valence-electron chi connectivity index (χ3n) is 3.23. The van der Waals surface area contributed by atoms with Crippen LogP contribution in [0.1, 0.15) is 31.9 Å². The van der Waals surface area contributed by atoms with Crippen LogP contribution < -0.4 is 5.32 Å². The molecular formula is C13H21ClN2O. The van der Waals surface area contributed by atoms with Gasteiger partial charge in [-0.05, 0) is 56.6 Å². The predicted octanol–water partition coefficient (Wildman–Crippen LogP) is 2.90. The van der Waals surface area contributed by atoms with E-state index in [1.54, 1.807) is 6.07 Å². The summed E-state index contributed by atoms with van der Waals surface area (Å²) in [6.07, 6.45) is 4.09. The average Bonchev–Trinajstić information content (AvgIpc) is 2.74. The van der Waals surface area contributed by atoms with Crippen LogP contribution in [0, 0.1) is 0 Å². The quantitative estimate of drug-likeness (QED) is 0.878. The van der Waals surface area contributed by atoms with Crippen LogP contribution in [0.3, 0.4) is 0 Å². The molecule has 2 heterocycles. The summed E-state index contributed by atoms with van der Waals surface area (Å²) < 4.78 is 5.31. The highest BCUT2D eigenvalue weighted by molar-refractivity contribution is 6.28. The van der Waals surface area contributed by atoms with Crippen molar-refractivity contribution in [1.82, 2.24) is 10.2 Å². The monoisotopic (exact) mass is 256 g/mol. The van der Waals surface area contributed by atoms with E-state index in [0.717, 1.165) is 18.8 Å². The molecule has 2 rings (SSSR count). The van der Waals surface area contributed by atoms with Crippen LogP contribution in [0.5, 0.6) is 0 Å². The van der Waals surface area contributed by atoms with Gasteiger partial charge in [-0.15, -0.1) is 0 Å². The second kappa shape index (κ2) is 6.43. The Morgan fingerprint density at radius 1 is 1.35 bits per heavy atom. The minimum atomic E-state index is 0.463. The fourth-order valence-corrected chi connectivity index (χ4v) is 2.48. The van der Waals surface area contributed by atoms with Crippen LogP contribution in [0.25, 0.3) is 0 Å². The van der Waals surface area contributed by atoms with Crippen LogP contribution in [-0.2, 0) is 6.54 Å². The normalized spacial score (nSPS) is 19.4. The summed E-state index contributed by atoms with van der Waals surface area (Å²) in [6, 6.07) is 4.19. The molecule has 1 aromatic rings. The van der Waals surface area contributed by atoms with Crippen molar-refractivity contribution in [1.29, 1.82) is 0 Å². The molecule has 0 spiro atoms. The van der Waals surface area contributed by atoms with E-state index in [0.29, 0.717) is 11.3 Å². The molecule has 3 nitrogen and oxygen atoms in total. The Kier molecular flexibility index (Phi) is 4.89. The standard InChI is InChI=1S/C13H21ClN2O/c1-11(10-16-7-3-2-4-8-16)15-9-12-5-6-13(14)17-12/h5-6,11,15H,2-4,7-10H2,1H3. The lowest BCUT2D eigenvalue weighted by Gasteiger charge is -2.29. The summed E-state index contributed by atoms with van der Waals surface area (Å²) in [5, 5.41) is 3.93. The number of hydrogen-bond donors (Lipinski definition) is 1. The molecule has 0 aromatic carbocycles. The van der Waals surface area contributed by atoms with Gasteiger partial charge in [0.2, 0.25) is 0 Å². The maximum absolute atomic E-state index is 5.73. The van der Waals surface area contributed by atoms with E-state index in [4.69, 9.17) is 16.0 Å². The zero-order valence-electron chi connectivity index (χ0n) is 10.4. The SMILES string of the molecule is CC(CN1CCCCC1)NCc1ccc(Cl)o1. The van der Waals surface area contributed by atoms with E-state index in [9.17, 15) is 0 Å². The zero-order chi connectivity index (χ0) is 12.1. The Morgan fingerprint density at radius 2 is 2.12 bits per heavy atom. The number of nitrogens with zero attached hydrogens (tertiary/aromatic N) is 1. The van der Waals surface area contributed by atoms with E-state index in [1.165, 1.54) is 32.4 Å². The third kappa shape index (κ3) is 4.34. The second-order valence-corrected chi connectivity index (χ2v) is 5.22. The van der Waals surface area contributed by atoms with Gasteiger partial charge in [-0.3, -0.25) is 0 Å². The molecule has 96 valence electrons. The van der Waals surface area contributed by atoms with E-state index in [-0.39, 0.29) is 0 Å². The molecule has 0 bridgehead atoms. The van der Waals surface area contributed by atoms with Gasteiger partial charge in [-0.2, -0.15) is 0 Å². The minimum absolute atomic E-state index is 0.463. The number of rotatable bonds is 5. The van der Waals surface area contributed by atoms with Gasteiger partial charge in [-0.25, -0.2) is 0 Å². The van der Waals surface area contributed by atoms with Crippen molar-refractivity contribution in [3.05, 3.63) is 23.1 Å². The number of hydrogen-bond acceptors (Lipinski definition) is 3. The van der Waals surface area contributed by atoms with Crippen molar-refractivity contribution in [2.75, 3.05) is 19.6 Å². The largest absolute Gasteiger partial charge is 0.448 e. The molecule has 0 saturated carbocycles. The molecule has 1 N–H and O–H groups in total. The number of likely N-dealkylation sites (tertiary alicyclic amines) is 1. The van der Waals surface area contributed by atoms with Gasteiger partial charge in [0.15, 0.2) is 5.22 Å². The highest BCUT2D eigenvalue weighted by Gasteiger charge is 2.13. The Bertz CT molecular complexity index is 334. The molecule has 1 aliphatic rings. The van der Waals surface area contributed by atoms with Crippen molar-refractivity contribution < 1.29 is 4.42 Å². The first-order valence-corrected chi connectivity index (χ1v) is 6.82. The summed E-state index contributed by atoms with van der Waals surface area (Å²) in [4.78, 5) is 2.54. The molecule has 0 radical (unpaired) electrons. The van der Waals surface area contributed by atoms with Gasteiger partial charge in [0.25, 0.3) is 0 Å². The highest BCUT2D eigenvalue weighted by atomic mass is 35.5. The highest BCUT2D eigenvalue weighted by Crippen LogP contribution is 2.13. The molecule has 1 saturated heterocycles. The molecule has 1 atom stereocenters. The van der Waals surface area contributed by atoms with Gasteiger partial charge in [0, 0.05) is 12.6 Å². The van der Waals surface area contributed by atoms with Crippen LogP contribution in [0.2, 0.25) is 5.22 Å². The van der Waals surface area contributed by atoms with Crippen LogP contribution >= 0.6 is 11.6 Å². The molecule has 17 heavy (non-hydrogen) atoms. The van der Waals surface area contributed by atoms with Crippen molar-refractivity contribution >= 4 is 11.6 Å². The lowest BCUT2D eigenvalue weighted by molar-refractivity contribution is 0.208. The molecule has 1 unspecified atom stereocenters. The van der Waals surface area contributed by atoms with Crippen LogP contribution in [-0.4, -0.2) is 30.6 Å². The van der Waals surface area contributed by atoms with Crippen molar-refractivity contribution in [2.24, 2.45) is 0 Å². The molecular weight excluding hydrogens is 236 g/mol. The fraction of sp³-hybridized carbons (Fsp3) is 0.692. The maximum atomic E-state index is 5.73. The number of piperidine rings is 1. The van der Waals surface area contributed by atoms with E-state index in [2.05, 4.69) is 17.1 Å². The Labute approximate surface area is 108 Å². The van der Waals surface area contributed by atoms with Gasteiger partial charge in [0.1, 0.15) is 5.76 Å². The van der Waals surface area contributed by atoms with Gasteiger partial charge in [0.05, 0.1) is 6.54 Å². The van der Waals surface area contributed by atoms with E-state index >= 15 is 0 Å². The van der Waals surface area contributed by atoms with E-state index < -0.39 is 0 Å². The van der Waals surface area contributed by atoms with E-state index in [1.807, 2.05) is 6.07 Å². The van der Waals surface area contributed by atoms with Gasteiger partial charge in [-0.1, -0.05) is 6.42 Å². The molecule has 1 fully saturated rings. The summed E-state index contributed by atoms with van der Waals surface area (Å²) >= 11 is 5.73. The molecule has 0 aliphatic carbocycles. The smallest absolute Gasteiger partial charge is 0.193 e. The predicted molar refractivity (Wildman–Crippen MR) is 70.3 cm³/mol. The Balaban J connectivity index is 1.68. The number of nitrogens with one attached hydrogen (secondary N) is 1. The van der Waals surface area contributed by atoms with Crippen LogP contribution in [0.4, 0.5) is 0 Å². The average molecular weight is 257 g/mol. The zero-order valence-corrected chi connectivity index (χ0v) is 11.2. The first-order valence-electron chi connectivity index (χ1n) is 6.44. The molecule has 0 amide bonds. The van der Waals surface area contributed by atoms with Crippen molar-refractivity contribution in [3.8, 4) is 0 Å². The first kappa shape index (κ1) is 12.9. The minimum Gasteiger partial charge on any atom is -0.448 e. The molecule has 4 heteroatoms. The lowest BCUT2D eigenvalue weighted by atomic mass is 10.1. The van der Waals surface area contributed by atoms with Gasteiger partial charge >= 0.3 is 0 Å². The fourth-order valence-electron chi connectivity index (χ4n) is 2.32. The van der Waals surface area contributed by atoms with Gasteiger partial charge < -0.3 is 14.6 Å². The number of furan rings is 1. The van der Waals surface area contributed by atoms with Crippen LogP contribution in [0.15, 0.2) is 16.5 Å². The molecule has 1 aliphatic heterocycles. The summed E-state index contributed by atoms with van der Waals surface area (Å²) in [5.41, 5.74) is 0. The Morgan fingerprint density at radius 3 is 2.76 bits per heavy atom. The maximum Gasteiger partial charge on any atom is 0.193 e. The first-order chi connectivity index (χ1) is 8.24. The topological polar surface area (TPSA) is 28.4 Å². The summed E-state index contributed by atoms with van der Waals surface area (Å²) in [7, 11) is 0. The van der Waals surface area contributed by atoms with Crippen molar-refractivity contribution in [3.63, 3.8) is 0 Å². The molecule has 1 aromatic heterocycles.